The molecule has 0 radical (unpaired) electrons. The van der Waals surface area contributed by atoms with Crippen LogP contribution in [0.25, 0.3) is 0 Å². The number of halogens is 1. The molecule has 0 atom stereocenters. The molecule has 2 aromatic carbocycles. The molecule has 8 nitrogen and oxygen atoms in total. The molecule has 0 bridgehead atoms. The summed E-state index contributed by atoms with van der Waals surface area (Å²) < 4.78 is 16.5. The summed E-state index contributed by atoms with van der Waals surface area (Å²) in [6, 6.07) is 11.7. The van der Waals surface area contributed by atoms with Crippen LogP contribution in [0.1, 0.15) is 26.5 Å². The third-order valence-electron chi connectivity index (χ3n) is 4.37. The Labute approximate surface area is 198 Å². The van der Waals surface area contributed by atoms with Gasteiger partial charge in [-0.2, -0.15) is 0 Å². The number of hydrogen-bond acceptors (Lipinski definition) is 6. The quantitative estimate of drug-likeness (QED) is 0.405. The molecular formula is C22H20BrN3O5S. The maximum absolute atomic E-state index is 12.7. The first-order valence-corrected chi connectivity index (χ1v) is 10.5. The Morgan fingerprint density at radius 3 is 2.47 bits per heavy atom. The number of ether oxygens (including phenoxy) is 2. The number of aryl methyl sites for hydroxylation is 1. The Morgan fingerprint density at radius 1 is 1.03 bits per heavy atom. The highest BCUT2D eigenvalue weighted by molar-refractivity contribution is 9.10. The Kier molecular flexibility index (Phi) is 7.49. The summed E-state index contributed by atoms with van der Waals surface area (Å²) in [6.45, 7) is 1.84. The topological polar surface area (TPSA) is 102 Å². The van der Waals surface area contributed by atoms with E-state index in [1.165, 1.54) is 20.5 Å². The van der Waals surface area contributed by atoms with Gasteiger partial charge in [0.2, 0.25) is 0 Å². The molecular weight excluding hydrogens is 498 g/mol. The van der Waals surface area contributed by atoms with Gasteiger partial charge in [-0.25, -0.2) is 0 Å². The third kappa shape index (κ3) is 5.45. The van der Waals surface area contributed by atoms with Crippen LogP contribution in [0.3, 0.4) is 0 Å². The van der Waals surface area contributed by atoms with Gasteiger partial charge in [0, 0.05) is 16.2 Å². The molecule has 0 fully saturated rings. The van der Waals surface area contributed by atoms with Gasteiger partial charge in [0.25, 0.3) is 11.8 Å². The van der Waals surface area contributed by atoms with Crippen LogP contribution in [0.4, 0.5) is 11.4 Å². The first kappa shape index (κ1) is 23.3. The lowest BCUT2D eigenvalue weighted by molar-refractivity contribution is 0.0972. The highest BCUT2D eigenvalue weighted by Crippen LogP contribution is 2.29. The van der Waals surface area contributed by atoms with Crippen LogP contribution in [-0.4, -0.2) is 31.1 Å². The van der Waals surface area contributed by atoms with Crippen molar-refractivity contribution in [3.05, 3.63) is 70.1 Å². The van der Waals surface area contributed by atoms with Crippen LogP contribution in [0.2, 0.25) is 0 Å². The molecule has 3 aromatic rings. The fraction of sp³-hybridized carbons (Fsp3) is 0.136. The average Bonchev–Trinajstić information content (AvgIpc) is 3.29. The SMILES string of the molecule is COc1cc(NC(=S)NC(=O)c2cc(Br)cc(C)c2OC)ccc1NC(=O)c1ccco1. The summed E-state index contributed by atoms with van der Waals surface area (Å²) in [5, 5.41) is 8.36. The zero-order valence-corrected chi connectivity index (χ0v) is 19.8. The number of rotatable bonds is 6. The fourth-order valence-electron chi connectivity index (χ4n) is 2.97. The van der Waals surface area contributed by atoms with E-state index in [0.29, 0.717) is 28.4 Å². The highest BCUT2D eigenvalue weighted by atomic mass is 79.9. The van der Waals surface area contributed by atoms with Crippen molar-refractivity contribution in [2.24, 2.45) is 0 Å². The van der Waals surface area contributed by atoms with Crippen LogP contribution in [0, 0.1) is 6.92 Å². The normalized spacial score (nSPS) is 10.2. The van der Waals surface area contributed by atoms with Crippen molar-refractivity contribution in [3.8, 4) is 11.5 Å². The van der Waals surface area contributed by atoms with E-state index in [2.05, 4.69) is 31.9 Å². The molecule has 0 unspecified atom stereocenters. The van der Waals surface area contributed by atoms with Crippen molar-refractivity contribution >= 4 is 56.4 Å². The Morgan fingerprint density at radius 2 is 1.81 bits per heavy atom. The molecule has 0 aliphatic carbocycles. The van der Waals surface area contributed by atoms with Gasteiger partial charge in [-0.1, -0.05) is 15.9 Å². The molecule has 0 saturated heterocycles. The lowest BCUT2D eigenvalue weighted by Gasteiger charge is -2.15. The van der Waals surface area contributed by atoms with Crippen LogP contribution < -0.4 is 25.4 Å². The van der Waals surface area contributed by atoms with E-state index in [9.17, 15) is 9.59 Å². The van der Waals surface area contributed by atoms with E-state index in [4.69, 9.17) is 26.1 Å². The second-order valence-corrected chi connectivity index (χ2v) is 7.88. The van der Waals surface area contributed by atoms with Crippen molar-refractivity contribution in [3.63, 3.8) is 0 Å². The molecule has 32 heavy (non-hydrogen) atoms. The van der Waals surface area contributed by atoms with Crippen LogP contribution in [-0.2, 0) is 0 Å². The van der Waals surface area contributed by atoms with Gasteiger partial charge in [-0.3, -0.25) is 14.9 Å². The number of nitrogens with one attached hydrogen (secondary N) is 3. The van der Waals surface area contributed by atoms with Crippen molar-refractivity contribution in [1.29, 1.82) is 0 Å². The van der Waals surface area contributed by atoms with Gasteiger partial charge in [0.05, 0.1) is 31.7 Å². The number of carbonyl (C=O) groups excluding carboxylic acids is 2. The van der Waals surface area contributed by atoms with Crippen molar-refractivity contribution in [2.75, 3.05) is 24.9 Å². The van der Waals surface area contributed by atoms with E-state index in [0.717, 1.165) is 10.0 Å². The fourth-order valence-corrected chi connectivity index (χ4v) is 3.75. The van der Waals surface area contributed by atoms with Gasteiger partial charge >= 0.3 is 0 Å². The van der Waals surface area contributed by atoms with Crippen LogP contribution in [0.15, 0.2) is 57.6 Å². The highest BCUT2D eigenvalue weighted by Gasteiger charge is 2.17. The lowest BCUT2D eigenvalue weighted by atomic mass is 10.1. The molecule has 0 aliphatic heterocycles. The maximum Gasteiger partial charge on any atom is 0.291 e. The monoisotopic (exact) mass is 517 g/mol. The number of amides is 2. The number of anilines is 2. The predicted octanol–water partition coefficient (Wildman–Crippen LogP) is 4.75. The van der Waals surface area contributed by atoms with Crippen LogP contribution >= 0.6 is 28.1 Å². The molecule has 1 aromatic heterocycles. The molecule has 166 valence electrons. The van der Waals surface area contributed by atoms with Crippen LogP contribution in [0.5, 0.6) is 11.5 Å². The zero-order valence-electron chi connectivity index (χ0n) is 17.4. The summed E-state index contributed by atoms with van der Waals surface area (Å²) >= 11 is 8.66. The van der Waals surface area contributed by atoms with Gasteiger partial charge in [0.1, 0.15) is 11.5 Å². The Hall–Kier alpha value is -3.37. The minimum absolute atomic E-state index is 0.0871. The number of thiocarbonyl (C=S) groups is 1. The van der Waals surface area contributed by atoms with E-state index in [1.807, 2.05) is 13.0 Å². The van der Waals surface area contributed by atoms with Gasteiger partial charge in [0.15, 0.2) is 10.9 Å². The molecule has 2 amide bonds. The minimum Gasteiger partial charge on any atom is -0.496 e. The number of methoxy groups -OCH3 is 2. The predicted molar refractivity (Wildman–Crippen MR) is 129 cm³/mol. The summed E-state index contributed by atoms with van der Waals surface area (Å²) in [5.74, 6) is 0.213. The largest absolute Gasteiger partial charge is 0.496 e. The molecule has 3 rings (SSSR count). The second kappa shape index (κ2) is 10.3. The smallest absolute Gasteiger partial charge is 0.291 e. The summed E-state index contributed by atoms with van der Waals surface area (Å²) in [6.07, 6.45) is 1.42. The molecule has 1 heterocycles. The van der Waals surface area contributed by atoms with Crippen molar-refractivity contribution < 1.29 is 23.5 Å². The summed E-state index contributed by atoms with van der Waals surface area (Å²) in [5.41, 5.74) is 2.16. The van der Waals surface area contributed by atoms with Gasteiger partial charge in [-0.15, -0.1) is 0 Å². The number of carbonyl (C=O) groups is 2. The van der Waals surface area contributed by atoms with E-state index in [-0.39, 0.29) is 10.9 Å². The summed E-state index contributed by atoms with van der Waals surface area (Å²) in [4.78, 5) is 24.9. The minimum atomic E-state index is -0.418. The first-order chi connectivity index (χ1) is 15.3. The molecule has 0 spiro atoms. The van der Waals surface area contributed by atoms with Gasteiger partial charge in [-0.05, 0) is 61.1 Å². The molecule has 0 saturated carbocycles. The number of hydrogen-bond donors (Lipinski definition) is 3. The first-order valence-electron chi connectivity index (χ1n) is 9.31. The van der Waals surface area contributed by atoms with E-state index in [1.54, 1.807) is 36.4 Å². The molecule has 3 N–H and O–H groups in total. The van der Waals surface area contributed by atoms with E-state index < -0.39 is 11.8 Å². The summed E-state index contributed by atoms with van der Waals surface area (Å²) in [7, 11) is 2.98. The van der Waals surface area contributed by atoms with Crippen molar-refractivity contribution in [1.82, 2.24) is 5.32 Å². The average molecular weight is 518 g/mol. The van der Waals surface area contributed by atoms with Gasteiger partial charge < -0.3 is 24.5 Å². The standard InChI is InChI=1S/C22H20BrN3O5S/c1-12-9-13(23)10-15(19(12)30-3)20(27)26-22(32)24-14-6-7-16(18(11-14)29-2)25-21(28)17-5-4-8-31-17/h4-11H,1-3H3,(H,25,28)(H2,24,26,27,32). The Bertz CT molecular complexity index is 1160. The Balaban J connectivity index is 1.70. The number of benzene rings is 2. The van der Waals surface area contributed by atoms with E-state index >= 15 is 0 Å². The second-order valence-electron chi connectivity index (χ2n) is 6.56. The molecule has 10 heteroatoms. The maximum atomic E-state index is 12.7. The molecule has 0 aliphatic rings. The zero-order chi connectivity index (χ0) is 23.3. The number of furan rings is 1. The third-order valence-corrected chi connectivity index (χ3v) is 5.03. The van der Waals surface area contributed by atoms with Crippen molar-refractivity contribution in [2.45, 2.75) is 6.92 Å². The lowest BCUT2D eigenvalue weighted by Crippen LogP contribution is -2.34.